The first-order valence-electron chi connectivity index (χ1n) is 5.42. The average molecular weight is 249 g/mol. The molecule has 0 fully saturated rings. The van der Waals surface area contributed by atoms with Gasteiger partial charge in [0.1, 0.15) is 5.75 Å². The molecule has 5 heteroatoms. The van der Waals surface area contributed by atoms with Crippen LogP contribution in [0.2, 0.25) is 0 Å². The highest BCUT2D eigenvalue weighted by atomic mass is 32.1. The maximum absolute atomic E-state index is 5.48. The molecule has 0 unspecified atom stereocenters. The zero-order valence-electron chi connectivity index (χ0n) is 9.86. The molecule has 1 heterocycles. The summed E-state index contributed by atoms with van der Waals surface area (Å²) < 4.78 is 5.48. The molecule has 0 atom stereocenters. The highest BCUT2D eigenvalue weighted by Crippen LogP contribution is 2.33. The lowest BCUT2D eigenvalue weighted by atomic mass is 10.1. The van der Waals surface area contributed by atoms with Gasteiger partial charge in [0.25, 0.3) is 0 Å². The molecule has 0 radical (unpaired) electrons. The molecule has 2 rings (SSSR count). The number of nitrogens with two attached hydrogens (primary N) is 1. The van der Waals surface area contributed by atoms with Gasteiger partial charge in [-0.1, -0.05) is 23.5 Å². The third-order valence-corrected chi connectivity index (χ3v) is 3.47. The van der Waals surface area contributed by atoms with Crippen LogP contribution in [-0.2, 0) is 0 Å². The molecule has 1 aromatic carbocycles. The van der Waals surface area contributed by atoms with Crippen molar-refractivity contribution in [3.8, 4) is 16.2 Å². The van der Waals surface area contributed by atoms with E-state index >= 15 is 0 Å². The van der Waals surface area contributed by atoms with Crippen LogP contribution < -0.4 is 16.0 Å². The lowest BCUT2D eigenvalue weighted by molar-refractivity contribution is 0.340. The van der Waals surface area contributed by atoms with Crippen LogP contribution in [0, 0.1) is 6.92 Å². The molecule has 0 amide bonds. The Morgan fingerprint density at radius 3 is 2.94 bits per heavy atom. The van der Waals surface area contributed by atoms with E-state index in [1.807, 2.05) is 38.1 Å². The summed E-state index contributed by atoms with van der Waals surface area (Å²) in [5, 5.41) is 0.722. The van der Waals surface area contributed by atoms with Crippen molar-refractivity contribution in [2.75, 3.05) is 12.0 Å². The molecule has 0 saturated carbocycles. The minimum Gasteiger partial charge on any atom is -0.494 e. The second kappa shape index (κ2) is 5.16. The summed E-state index contributed by atoms with van der Waals surface area (Å²) in [5.74, 6) is 6.24. The van der Waals surface area contributed by atoms with Crippen molar-refractivity contribution in [2.24, 2.45) is 5.84 Å². The van der Waals surface area contributed by atoms with E-state index in [1.165, 1.54) is 11.3 Å². The minimum absolute atomic E-state index is 0.667. The number of nitrogens with zero attached hydrogens (tertiary/aromatic N) is 1. The van der Waals surface area contributed by atoms with Gasteiger partial charge in [0, 0.05) is 0 Å². The number of aromatic nitrogens is 1. The van der Waals surface area contributed by atoms with Gasteiger partial charge in [0.2, 0.25) is 0 Å². The summed E-state index contributed by atoms with van der Waals surface area (Å²) in [6.45, 7) is 4.61. The number of aryl methyl sites for hydroxylation is 1. The molecule has 0 aliphatic heterocycles. The molecule has 3 N–H and O–H groups in total. The van der Waals surface area contributed by atoms with Crippen molar-refractivity contribution in [1.29, 1.82) is 0 Å². The molecule has 4 nitrogen and oxygen atoms in total. The van der Waals surface area contributed by atoms with E-state index in [1.54, 1.807) is 0 Å². The lowest BCUT2D eigenvalue weighted by Crippen LogP contribution is -2.05. The van der Waals surface area contributed by atoms with Gasteiger partial charge in [-0.15, -0.1) is 0 Å². The largest absolute Gasteiger partial charge is 0.494 e. The Hall–Kier alpha value is -1.59. The maximum atomic E-state index is 5.48. The van der Waals surface area contributed by atoms with Crippen LogP contribution in [0.25, 0.3) is 10.4 Å². The van der Waals surface area contributed by atoms with E-state index in [0.717, 1.165) is 27.0 Å². The number of benzene rings is 1. The number of rotatable bonds is 4. The minimum atomic E-state index is 0.667. The van der Waals surface area contributed by atoms with E-state index in [4.69, 9.17) is 10.6 Å². The Morgan fingerprint density at radius 1 is 1.47 bits per heavy atom. The first-order valence-corrected chi connectivity index (χ1v) is 6.23. The smallest absolute Gasteiger partial charge is 0.197 e. The number of anilines is 1. The summed E-state index contributed by atoms with van der Waals surface area (Å²) in [6, 6.07) is 7.99. The highest BCUT2D eigenvalue weighted by Gasteiger charge is 2.09. The molecule has 17 heavy (non-hydrogen) atoms. The van der Waals surface area contributed by atoms with Gasteiger partial charge >= 0.3 is 0 Å². The van der Waals surface area contributed by atoms with E-state index < -0.39 is 0 Å². The number of hydrazine groups is 1. The van der Waals surface area contributed by atoms with Gasteiger partial charge in [0.05, 0.1) is 17.2 Å². The molecule has 0 aliphatic carbocycles. The van der Waals surface area contributed by atoms with Gasteiger partial charge in [-0.05, 0) is 31.5 Å². The number of nitrogens with one attached hydrogen (secondary N) is 1. The Kier molecular flexibility index (Phi) is 3.61. The number of ether oxygens (including phenoxy) is 1. The van der Waals surface area contributed by atoms with Crippen LogP contribution in [-0.4, -0.2) is 11.6 Å². The van der Waals surface area contributed by atoms with E-state index in [-0.39, 0.29) is 0 Å². The molecular weight excluding hydrogens is 234 g/mol. The monoisotopic (exact) mass is 249 g/mol. The van der Waals surface area contributed by atoms with Crippen LogP contribution in [0.1, 0.15) is 12.6 Å². The normalized spacial score (nSPS) is 10.3. The summed E-state index contributed by atoms with van der Waals surface area (Å²) in [7, 11) is 0. The number of hydrogen-bond donors (Lipinski definition) is 2. The predicted molar refractivity (Wildman–Crippen MR) is 71.3 cm³/mol. The summed E-state index contributed by atoms with van der Waals surface area (Å²) >= 11 is 1.54. The van der Waals surface area contributed by atoms with Gasteiger partial charge in [-0.2, -0.15) is 0 Å². The molecule has 0 bridgehead atoms. The third-order valence-electron chi connectivity index (χ3n) is 2.33. The zero-order valence-corrected chi connectivity index (χ0v) is 10.7. The second-order valence-corrected chi connectivity index (χ2v) is 4.54. The van der Waals surface area contributed by atoms with Crippen molar-refractivity contribution in [3.63, 3.8) is 0 Å². The van der Waals surface area contributed by atoms with Crippen LogP contribution in [0.4, 0.5) is 5.13 Å². The molecule has 1 aromatic heterocycles. The number of thiazole rings is 1. The molecule has 90 valence electrons. The fraction of sp³-hybridized carbons (Fsp3) is 0.250. The maximum Gasteiger partial charge on any atom is 0.197 e. The van der Waals surface area contributed by atoms with Crippen molar-refractivity contribution < 1.29 is 4.74 Å². The van der Waals surface area contributed by atoms with Gasteiger partial charge in [-0.25, -0.2) is 10.8 Å². The van der Waals surface area contributed by atoms with Crippen LogP contribution in [0.3, 0.4) is 0 Å². The summed E-state index contributed by atoms with van der Waals surface area (Å²) in [5.41, 5.74) is 4.65. The number of nitrogen functional groups attached to an aromatic ring is 1. The van der Waals surface area contributed by atoms with Gasteiger partial charge in [0.15, 0.2) is 5.13 Å². The first-order chi connectivity index (χ1) is 8.24. The second-order valence-electron chi connectivity index (χ2n) is 3.54. The van der Waals surface area contributed by atoms with Gasteiger partial charge in [-0.3, -0.25) is 5.43 Å². The van der Waals surface area contributed by atoms with Crippen molar-refractivity contribution in [3.05, 3.63) is 30.0 Å². The Morgan fingerprint density at radius 2 is 2.29 bits per heavy atom. The van der Waals surface area contributed by atoms with Crippen LogP contribution in [0.5, 0.6) is 5.75 Å². The molecular formula is C12H15N3OS. The summed E-state index contributed by atoms with van der Waals surface area (Å²) in [6.07, 6.45) is 0. The molecule has 0 spiro atoms. The molecule has 0 saturated heterocycles. The molecule has 0 aliphatic rings. The third kappa shape index (κ3) is 2.57. The van der Waals surface area contributed by atoms with E-state index in [9.17, 15) is 0 Å². The molecule has 2 aromatic rings. The quantitative estimate of drug-likeness (QED) is 0.646. The van der Waals surface area contributed by atoms with Crippen molar-refractivity contribution in [1.82, 2.24) is 4.98 Å². The summed E-state index contributed by atoms with van der Waals surface area (Å²) in [4.78, 5) is 5.43. The lowest BCUT2D eigenvalue weighted by Gasteiger charge is -2.04. The predicted octanol–water partition coefficient (Wildman–Crippen LogP) is 2.80. The number of hydrogen-bond acceptors (Lipinski definition) is 5. The highest BCUT2D eigenvalue weighted by molar-refractivity contribution is 7.19. The van der Waals surface area contributed by atoms with Crippen molar-refractivity contribution in [2.45, 2.75) is 13.8 Å². The standard InChI is InChI=1S/C12H15N3OS/c1-3-16-10-6-4-5-9(7-10)11-8(2)14-12(15-13)17-11/h4-7H,3,13H2,1-2H3,(H,14,15). The topological polar surface area (TPSA) is 60.2 Å². The Balaban J connectivity index is 2.37. The first kappa shape index (κ1) is 11.9. The van der Waals surface area contributed by atoms with Crippen LogP contribution in [0.15, 0.2) is 24.3 Å². The van der Waals surface area contributed by atoms with Crippen molar-refractivity contribution >= 4 is 16.5 Å². The Bertz CT molecular complexity index is 510. The fourth-order valence-corrected chi connectivity index (χ4v) is 2.49. The van der Waals surface area contributed by atoms with E-state index in [0.29, 0.717) is 6.61 Å². The van der Waals surface area contributed by atoms with Crippen LogP contribution >= 0.6 is 11.3 Å². The Labute approximate surface area is 104 Å². The van der Waals surface area contributed by atoms with Gasteiger partial charge < -0.3 is 4.74 Å². The average Bonchev–Trinajstić information content (AvgIpc) is 2.71. The van der Waals surface area contributed by atoms with E-state index in [2.05, 4.69) is 10.4 Å². The SMILES string of the molecule is CCOc1cccc(-c2sc(NN)nc2C)c1. The zero-order chi connectivity index (χ0) is 12.3. The fourth-order valence-electron chi connectivity index (χ4n) is 1.62.